The minimum atomic E-state index is 0.137. The van der Waals surface area contributed by atoms with Crippen LogP contribution >= 0.6 is 0 Å². The zero-order chi connectivity index (χ0) is 10.4. The maximum absolute atomic E-state index is 11.1. The van der Waals surface area contributed by atoms with E-state index in [1.807, 2.05) is 0 Å². The van der Waals surface area contributed by atoms with Crippen molar-refractivity contribution < 1.29 is 4.79 Å². The van der Waals surface area contributed by atoms with Crippen LogP contribution in [0.15, 0.2) is 0 Å². The largest absolute Gasteiger partial charge is 0.353 e. The summed E-state index contributed by atoms with van der Waals surface area (Å²) < 4.78 is 0. The van der Waals surface area contributed by atoms with Gasteiger partial charge in [0.1, 0.15) is 0 Å². The Morgan fingerprint density at radius 1 is 1.29 bits per heavy atom. The molecule has 0 bridgehead atoms. The van der Waals surface area contributed by atoms with Crippen LogP contribution in [0.3, 0.4) is 0 Å². The van der Waals surface area contributed by atoms with Gasteiger partial charge in [0, 0.05) is 13.0 Å². The topological polar surface area (TPSA) is 29.1 Å². The first-order valence-electron chi connectivity index (χ1n) is 6.01. The van der Waals surface area contributed by atoms with Gasteiger partial charge in [-0.1, -0.05) is 32.6 Å². The average Bonchev–Trinajstić information content (AvgIpc) is 2.32. The molecule has 2 nitrogen and oxygen atoms in total. The van der Waals surface area contributed by atoms with E-state index in [1.54, 1.807) is 6.92 Å². The molecule has 2 unspecified atom stereocenters. The second-order valence-electron chi connectivity index (χ2n) is 4.49. The Bertz CT molecular complexity index is 179. The van der Waals surface area contributed by atoms with Gasteiger partial charge in [0.05, 0.1) is 0 Å². The van der Waals surface area contributed by atoms with Crippen LogP contribution in [0.25, 0.3) is 0 Å². The van der Waals surface area contributed by atoms with Crippen molar-refractivity contribution in [2.24, 2.45) is 5.92 Å². The third kappa shape index (κ3) is 3.69. The summed E-state index contributed by atoms with van der Waals surface area (Å²) in [6.45, 7) is 3.86. The first-order valence-corrected chi connectivity index (χ1v) is 6.01. The van der Waals surface area contributed by atoms with Gasteiger partial charge >= 0.3 is 0 Å². The van der Waals surface area contributed by atoms with Crippen molar-refractivity contribution in [3.63, 3.8) is 0 Å². The quantitative estimate of drug-likeness (QED) is 0.692. The van der Waals surface area contributed by atoms with Crippen molar-refractivity contribution >= 4 is 5.91 Å². The Kier molecular flexibility index (Phi) is 4.99. The fourth-order valence-corrected chi connectivity index (χ4v) is 2.55. The first-order chi connectivity index (χ1) is 6.74. The fraction of sp³-hybridized carbons (Fsp3) is 0.917. The highest BCUT2D eigenvalue weighted by Gasteiger charge is 2.23. The van der Waals surface area contributed by atoms with Gasteiger partial charge in [0.2, 0.25) is 5.91 Å². The molecule has 0 heterocycles. The standard InChI is InChI=1S/C12H23NO/c1-3-7-11-8-5-4-6-9-12(11)13-10(2)14/h11-12H,3-9H2,1-2H3,(H,13,14). The molecule has 1 rings (SSSR count). The molecule has 82 valence electrons. The van der Waals surface area contributed by atoms with E-state index in [9.17, 15) is 4.79 Å². The van der Waals surface area contributed by atoms with Gasteiger partial charge in [-0.05, 0) is 25.2 Å². The lowest BCUT2D eigenvalue weighted by Crippen LogP contribution is -2.38. The molecule has 1 fully saturated rings. The Morgan fingerprint density at radius 2 is 2.00 bits per heavy atom. The van der Waals surface area contributed by atoms with Gasteiger partial charge in [-0.15, -0.1) is 0 Å². The van der Waals surface area contributed by atoms with Crippen molar-refractivity contribution in [1.29, 1.82) is 0 Å². The summed E-state index contributed by atoms with van der Waals surface area (Å²) in [6, 6.07) is 0.454. The van der Waals surface area contributed by atoms with E-state index < -0.39 is 0 Å². The lowest BCUT2D eigenvalue weighted by molar-refractivity contribution is -0.120. The highest BCUT2D eigenvalue weighted by molar-refractivity contribution is 5.73. The number of hydrogen-bond donors (Lipinski definition) is 1. The molecule has 1 amide bonds. The number of carbonyl (C=O) groups is 1. The van der Waals surface area contributed by atoms with Crippen molar-refractivity contribution in [2.45, 2.75) is 64.8 Å². The van der Waals surface area contributed by atoms with Crippen LogP contribution in [0.2, 0.25) is 0 Å². The minimum absolute atomic E-state index is 0.137. The van der Waals surface area contributed by atoms with Crippen molar-refractivity contribution in [1.82, 2.24) is 5.32 Å². The van der Waals surface area contributed by atoms with Gasteiger partial charge < -0.3 is 5.32 Å². The minimum Gasteiger partial charge on any atom is -0.353 e. The molecule has 0 spiro atoms. The molecule has 0 aromatic carbocycles. The molecule has 1 saturated carbocycles. The summed E-state index contributed by atoms with van der Waals surface area (Å²) in [5.74, 6) is 0.865. The Hall–Kier alpha value is -0.530. The molecule has 1 N–H and O–H groups in total. The summed E-state index contributed by atoms with van der Waals surface area (Å²) in [5, 5.41) is 3.12. The van der Waals surface area contributed by atoms with Crippen molar-refractivity contribution in [2.75, 3.05) is 0 Å². The summed E-state index contributed by atoms with van der Waals surface area (Å²) in [7, 11) is 0. The van der Waals surface area contributed by atoms with Gasteiger partial charge in [0.25, 0.3) is 0 Å². The van der Waals surface area contributed by atoms with E-state index in [1.165, 1.54) is 44.9 Å². The van der Waals surface area contributed by atoms with Crippen LogP contribution in [0.4, 0.5) is 0 Å². The van der Waals surface area contributed by atoms with E-state index >= 15 is 0 Å². The summed E-state index contributed by atoms with van der Waals surface area (Å²) in [5.41, 5.74) is 0. The van der Waals surface area contributed by atoms with Crippen LogP contribution in [-0.4, -0.2) is 11.9 Å². The maximum atomic E-state index is 11.1. The van der Waals surface area contributed by atoms with Crippen LogP contribution in [-0.2, 0) is 4.79 Å². The molecular formula is C12H23NO. The highest BCUT2D eigenvalue weighted by atomic mass is 16.1. The molecule has 1 aliphatic carbocycles. The second-order valence-corrected chi connectivity index (χ2v) is 4.49. The van der Waals surface area contributed by atoms with E-state index in [2.05, 4.69) is 12.2 Å². The fourth-order valence-electron chi connectivity index (χ4n) is 2.55. The van der Waals surface area contributed by atoms with Crippen molar-refractivity contribution in [3.05, 3.63) is 0 Å². The predicted molar refractivity (Wildman–Crippen MR) is 59.1 cm³/mol. The van der Waals surface area contributed by atoms with Gasteiger partial charge in [-0.3, -0.25) is 4.79 Å². The van der Waals surface area contributed by atoms with Crippen LogP contribution in [0.5, 0.6) is 0 Å². The smallest absolute Gasteiger partial charge is 0.217 e. The van der Waals surface area contributed by atoms with Crippen LogP contribution in [0, 0.1) is 5.92 Å². The number of nitrogens with one attached hydrogen (secondary N) is 1. The number of rotatable bonds is 3. The molecule has 1 aliphatic rings. The van der Waals surface area contributed by atoms with Crippen LogP contribution in [0.1, 0.15) is 58.8 Å². The molecule has 2 heteroatoms. The Morgan fingerprint density at radius 3 is 2.64 bits per heavy atom. The van der Waals surface area contributed by atoms with Gasteiger partial charge in [-0.2, -0.15) is 0 Å². The highest BCUT2D eigenvalue weighted by Crippen LogP contribution is 2.26. The monoisotopic (exact) mass is 197 g/mol. The Balaban J connectivity index is 2.49. The third-order valence-electron chi connectivity index (χ3n) is 3.21. The van der Waals surface area contributed by atoms with E-state index in [0.29, 0.717) is 6.04 Å². The summed E-state index contributed by atoms with van der Waals surface area (Å²) in [6.07, 6.45) is 8.97. The number of hydrogen-bond acceptors (Lipinski definition) is 1. The summed E-state index contributed by atoms with van der Waals surface area (Å²) >= 11 is 0. The van der Waals surface area contributed by atoms with E-state index in [0.717, 1.165) is 5.92 Å². The third-order valence-corrected chi connectivity index (χ3v) is 3.21. The number of amides is 1. The molecule has 14 heavy (non-hydrogen) atoms. The molecule has 2 atom stereocenters. The van der Waals surface area contributed by atoms with Gasteiger partial charge in [0.15, 0.2) is 0 Å². The lowest BCUT2D eigenvalue weighted by Gasteiger charge is -2.25. The lowest BCUT2D eigenvalue weighted by atomic mass is 9.90. The van der Waals surface area contributed by atoms with Crippen molar-refractivity contribution in [3.8, 4) is 0 Å². The first kappa shape index (κ1) is 11.5. The summed E-state index contributed by atoms with van der Waals surface area (Å²) in [4.78, 5) is 11.1. The SMILES string of the molecule is CCCC1CCCCCC1NC(C)=O. The molecule has 0 saturated heterocycles. The Labute approximate surface area is 87.5 Å². The van der Waals surface area contributed by atoms with E-state index in [4.69, 9.17) is 0 Å². The second kappa shape index (κ2) is 6.05. The van der Waals surface area contributed by atoms with E-state index in [-0.39, 0.29) is 5.91 Å². The maximum Gasteiger partial charge on any atom is 0.217 e. The molecular weight excluding hydrogens is 174 g/mol. The zero-order valence-corrected chi connectivity index (χ0v) is 9.51. The predicted octanol–water partition coefficient (Wildman–Crippen LogP) is 2.87. The average molecular weight is 197 g/mol. The normalized spacial score (nSPS) is 28.1. The molecule has 0 aromatic rings. The molecule has 0 radical (unpaired) electrons. The van der Waals surface area contributed by atoms with Crippen LogP contribution < -0.4 is 5.32 Å². The number of carbonyl (C=O) groups excluding carboxylic acids is 1. The molecule has 0 aliphatic heterocycles. The molecule has 0 aromatic heterocycles. The zero-order valence-electron chi connectivity index (χ0n) is 9.51. The van der Waals surface area contributed by atoms with Gasteiger partial charge in [-0.25, -0.2) is 0 Å².